The van der Waals surface area contributed by atoms with E-state index in [0.717, 1.165) is 5.82 Å². The number of hydrogen-bond donors (Lipinski definition) is 1. The molecule has 1 N–H and O–H groups in total. The first-order valence-electron chi connectivity index (χ1n) is 10.1. The van der Waals surface area contributed by atoms with Gasteiger partial charge in [0.25, 0.3) is 0 Å². The summed E-state index contributed by atoms with van der Waals surface area (Å²) in [5.41, 5.74) is 0.252. The van der Waals surface area contributed by atoms with Crippen LogP contribution >= 0.6 is 0 Å². The lowest BCUT2D eigenvalue weighted by Gasteiger charge is -2.46. The molecule has 0 atom stereocenters. The molecular weight excluding hydrogens is 386 g/mol. The Balaban J connectivity index is 1.46. The van der Waals surface area contributed by atoms with Gasteiger partial charge in [0.05, 0.1) is 44.1 Å². The second-order valence-corrected chi connectivity index (χ2v) is 7.66. The van der Waals surface area contributed by atoms with E-state index in [-0.39, 0.29) is 17.5 Å². The van der Waals surface area contributed by atoms with E-state index in [9.17, 15) is 9.59 Å². The van der Waals surface area contributed by atoms with Crippen molar-refractivity contribution in [3.05, 3.63) is 36.5 Å². The number of anilines is 2. The minimum atomic E-state index is -0.388. The van der Waals surface area contributed by atoms with E-state index in [4.69, 9.17) is 9.47 Å². The number of likely N-dealkylation sites (tertiary alicyclic amines) is 1. The highest BCUT2D eigenvalue weighted by molar-refractivity contribution is 5.95. The number of rotatable bonds is 5. The first kappa shape index (κ1) is 20.2. The lowest BCUT2D eigenvalue weighted by molar-refractivity contribution is -0.123. The van der Waals surface area contributed by atoms with E-state index in [1.54, 1.807) is 30.2 Å². The Morgan fingerprint density at radius 1 is 1.20 bits per heavy atom. The van der Waals surface area contributed by atoms with Gasteiger partial charge in [-0.05, 0) is 25.0 Å². The number of nitrogens with one attached hydrogen (secondary N) is 1. The lowest BCUT2D eigenvalue weighted by atomic mass is 9.82. The Labute approximate surface area is 175 Å². The number of ether oxygens (including phenoxy) is 2. The van der Waals surface area contributed by atoms with Crippen LogP contribution in [0.15, 0.2) is 36.5 Å². The SMILES string of the molecule is COCCN1C(=O)CC2(CCN(C(=O)Nc3ccccc3OC)CC2)n2nccc21. The molecule has 2 aliphatic rings. The molecule has 1 spiro atoms. The zero-order valence-corrected chi connectivity index (χ0v) is 17.3. The highest BCUT2D eigenvalue weighted by Crippen LogP contribution is 2.40. The quantitative estimate of drug-likeness (QED) is 0.813. The summed E-state index contributed by atoms with van der Waals surface area (Å²) in [4.78, 5) is 29.2. The number of piperidine rings is 1. The van der Waals surface area contributed by atoms with Crippen LogP contribution in [-0.4, -0.2) is 67.1 Å². The second-order valence-electron chi connectivity index (χ2n) is 7.66. The van der Waals surface area contributed by atoms with Crippen LogP contribution in [-0.2, 0) is 15.1 Å². The summed E-state index contributed by atoms with van der Waals surface area (Å²) in [6.07, 6.45) is 3.46. The molecule has 0 bridgehead atoms. The lowest BCUT2D eigenvalue weighted by Crippen LogP contribution is -2.55. The van der Waals surface area contributed by atoms with E-state index < -0.39 is 0 Å². The summed E-state index contributed by atoms with van der Waals surface area (Å²) in [6.45, 7) is 2.07. The summed E-state index contributed by atoms with van der Waals surface area (Å²) in [7, 11) is 3.20. The third kappa shape index (κ3) is 3.60. The Morgan fingerprint density at radius 2 is 1.97 bits per heavy atom. The number of carbonyl (C=O) groups excluding carboxylic acids is 2. The number of aromatic nitrogens is 2. The molecule has 0 aliphatic carbocycles. The summed E-state index contributed by atoms with van der Waals surface area (Å²) < 4.78 is 12.4. The zero-order chi connectivity index (χ0) is 21.1. The van der Waals surface area contributed by atoms with Gasteiger partial charge in [0.1, 0.15) is 11.6 Å². The van der Waals surface area contributed by atoms with Crippen LogP contribution in [0.5, 0.6) is 5.75 Å². The maximum atomic E-state index is 12.9. The Bertz CT molecular complexity index is 920. The summed E-state index contributed by atoms with van der Waals surface area (Å²) >= 11 is 0. The van der Waals surface area contributed by atoms with E-state index in [1.807, 2.05) is 35.0 Å². The third-order valence-electron chi connectivity index (χ3n) is 5.98. The molecule has 2 aromatic rings. The van der Waals surface area contributed by atoms with Gasteiger partial charge in [-0.25, -0.2) is 9.48 Å². The molecule has 30 heavy (non-hydrogen) atoms. The molecular formula is C21H27N5O4. The number of carbonyl (C=O) groups is 2. The van der Waals surface area contributed by atoms with Crippen LogP contribution in [0.4, 0.5) is 16.3 Å². The predicted octanol–water partition coefficient (Wildman–Crippen LogP) is 2.30. The number of benzene rings is 1. The number of urea groups is 1. The van der Waals surface area contributed by atoms with Crippen molar-refractivity contribution in [2.24, 2.45) is 0 Å². The van der Waals surface area contributed by atoms with Crippen LogP contribution in [0.3, 0.4) is 0 Å². The van der Waals surface area contributed by atoms with Gasteiger partial charge in [0.2, 0.25) is 5.91 Å². The van der Waals surface area contributed by atoms with Crippen molar-refractivity contribution in [3.63, 3.8) is 0 Å². The van der Waals surface area contributed by atoms with E-state index in [2.05, 4.69) is 10.4 Å². The fraction of sp³-hybridized carbons (Fsp3) is 0.476. The van der Waals surface area contributed by atoms with Crippen molar-refractivity contribution in [1.29, 1.82) is 0 Å². The number of fused-ring (bicyclic) bond motifs is 2. The molecule has 3 heterocycles. The molecule has 1 fully saturated rings. The third-order valence-corrected chi connectivity index (χ3v) is 5.98. The Kier molecular flexibility index (Phi) is 5.63. The molecule has 2 aliphatic heterocycles. The molecule has 3 amide bonds. The number of para-hydroxylation sites is 2. The summed E-state index contributed by atoms with van der Waals surface area (Å²) in [5.74, 6) is 1.50. The van der Waals surface area contributed by atoms with Crippen molar-refractivity contribution in [3.8, 4) is 5.75 Å². The van der Waals surface area contributed by atoms with E-state index in [1.165, 1.54) is 0 Å². The predicted molar refractivity (Wildman–Crippen MR) is 112 cm³/mol. The molecule has 4 rings (SSSR count). The first-order valence-corrected chi connectivity index (χ1v) is 10.1. The van der Waals surface area contributed by atoms with Crippen LogP contribution in [0.1, 0.15) is 19.3 Å². The average molecular weight is 413 g/mol. The molecule has 1 aromatic carbocycles. The van der Waals surface area contributed by atoms with E-state index >= 15 is 0 Å². The van der Waals surface area contributed by atoms with Crippen molar-refractivity contribution in [2.45, 2.75) is 24.8 Å². The largest absolute Gasteiger partial charge is 0.495 e. The van der Waals surface area contributed by atoms with Crippen LogP contribution in [0.2, 0.25) is 0 Å². The summed E-state index contributed by atoms with van der Waals surface area (Å²) in [5, 5.41) is 7.46. The van der Waals surface area contributed by atoms with Crippen molar-refractivity contribution < 1.29 is 19.1 Å². The highest BCUT2D eigenvalue weighted by atomic mass is 16.5. The van der Waals surface area contributed by atoms with E-state index in [0.29, 0.717) is 56.9 Å². The average Bonchev–Trinajstić information content (AvgIpc) is 3.25. The van der Waals surface area contributed by atoms with Gasteiger partial charge in [-0.3, -0.25) is 9.69 Å². The fourth-order valence-electron chi connectivity index (χ4n) is 4.32. The van der Waals surface area contributed by atoms with Crippen molar-refractivity contribution in [2.75, 3.05) is 50.7 Å². The molecule has 160 valence electrons. The topological polar surface area (TPSA) is 88.9 Å². The zero-order valence-electron chi connectivity index (χ0n) is 17.3. The Hall–Kier alpha value is -3.07. The normalized spacial score (nSPS) is 17.7. The van der Waals surface area contributed by atoms with Crippen LogP contribution < -0.4 is 15.0 Å². The van der Waals surface area contributed by atoms with Gasteiger partial charge >= 0.3 is 6.03 Å². The minimum Gasteiger partial charge on any atom is -0.495 e. The molecule has 1 saturated heterocycles. The molecule has 9 heteroatoms. The molecule has 9 nitrogen and oxygen atoms in total. The van der Waals surface area contributed by atoms with Gasteiger partial charge in [0, 0.05) is 26.3 Å². The fourth-order valence-corrected chi connectivity index (χ4v) is 4.32. The van der Waals surface area contributed by atoms with Crippen molar-refractivity contribution in [1.82, 2.24) is 14.7 Å². The van der Waals surface area contributed by atoms with Crippen LogP contribution in [0, 0.1) is 0 Å². The monoisotopic (exact) mass is 413 g/mol. The van der Waals surface area contributed by atoms with Crippen LogP contribution in [0.25, 0.3) is 0 Å². The summed E-state index contributed by atoms with van der Waals surface area (Å²) in [6, 6.07) is 9.03. The second kappa shape index (κ2) is 8.35. The maximum absolute atomic E-state index is 12.9. The van der Waals surface area contributed by atoms with Gasteiger partial charge in [-0.1, -0.05) is 12.1 Å². The number of methoxy groups -OCH3 is 2. The molecule has 0 saturated carbocycles. The highest BCUT2D eigenvalue weighted by Gasteiger charge is 2.46. The minimum absolute atomic E-state index is 0.0759. The molecule has 0 unspecified atom stereocenters. The molecule has 0 radical (unpaired) electrons. The van der Waals surface area contributed by atoms with Gasteiger partial charge in [0.15, 0.2) is 0 Å². The number of nitrogens with zero attached hydrogens (tertiary/aromatic N) is 4. The number of amides is 3. The van der Waals surface area contributed by atoms with Gasteiger partial charge in [-0.15, -0.1) is 0 Å². The standard InChI is InChI=1S/C21H27N5O4/c1-29-14-13-25-18-7-10-22-26(18)21(15-19(25)27)8-11-24(12-9-21)20(28)23-16-5-3-4-6-17(16)30-2/h3-7,10H,8-9,11-15H2,1-2H3,(H,23,28). The molecule has 1 aromatic heterocycles. The smallest absolute Gasteiger partial charge is 0.321 e. The first-order chi connectivity index (χ1) is 14.6. The van der Waals surface area contributed by atoms with Crippen molar-refractivity contribution >= 4 is 23.4 Å². The Morgan fingerprint density at radius 3 is 2.70 bits per heavy atom. The number of hydrogen-bond acceptors (Lipinski definition) is 5. The van der Waals surface area contributed by atoms with Gasteiger partial charge < -0.3 is 19.7 Å². The maximum Gasteiger partial charge on any atom is 0.321 e. The van der Waals surface area contributed by atoms with Gasteiger partial charge in [-0.2, -0.15) is 5.10 Å².